The Morgan fingerprint density at radius 3 is 2.83 bits per heavy atom. The van der Waals surface area contributed by atoms with E-state index in [1.807, 2.05) is 0 Å². The maximum Gasteiger partial charge on any atom is 0.337 e. The number of aryl methyl sites for hydroxylation is 1. The van der Waals surface area contributed by atoms with Crippen molar-refractivity contribution in [1.82, 2.24) is 5.43 Å². The minimum absolute atomic E-state index is 0.0947. The lowest BCUT2D eigenvalue weighted by Crippen LogP contribution is -2.22. The smallest absolute Gasteiger partial charge is 0.337 e. The van der Waals surface area contributed by atoms with Gasteiger partial charge in [-0.25, -0.2) is 9.18 Å². The van der Waals surface area contributed by atoms with Gasteiger partial charge in [0.2, 0.25) is 0 Å². The van der Waals surface area contributed by atoms with Gasteiger partial charge in [-0.3, -0.25) is 11.3 Å². The summed E-state index contributed by atoms with van der Waals surface area (Å²) in [4.78, 5) is 13.6. The van der Waals surface area contributed by atoms with Crippen molar-refractivity contribution in [2.45, 2.75) is 39.7 Å². The molecule has 0 spiro atoms. The Labute approximate surface area is 144 Å². The third-order valence-electron chi connectivity index (χ3n) is 4.60. The highest BCUT2D eigenvalue weighted by Gasteiger charge is 2.33. The van der Waals surface area contributed by atoms with Gasteiger partial charge in [0.15, 0.2) is 0 Å². The molecule has 4 N–H and O–H groups in total. The zero-order valence-electron chi connectivity index (χ0n) is 13.8. The first-order valence-electron chi connectivity index (χ1n) is 7.92. The van der Waals surface area contributed by atoms with Crippen LogP contribution in [0.15, 0.2) is 18.2 Å². The molecule has 2 aromatic rings. The lowest BCUT2D eigenvalue weighted by Gasteiger charge is -2.29. The van der Waals surface area contributed by atoms with E-state index >= 15 is 0 Å². The summed E-state index contributed by atoms with van der Waals surface area (Å²) in [6.45, 7) is 4.55. The number of thiophene rings is 1. The Kier molecular flexibility index (Phi) is 4.46. The van der Waals surface area contributed by atoms with E-state index in [9.17, 15) is 14.3 Å². The van der Waals surface area contributed by atoms with E-state index in [1.165, 1.54) is 17.4 Å². The highest BCUT2D eigenvalue weighted by Crippen LogP contribution is 2.45. The van der Waals surface area contributed by atoms with Crippen molar-refractivity contribution in [2.75, 3.05) is 0 Å². The van der Waals surface area contributed by atoms with Gasteiger partial charge in [0.1, 0.15) is 5.82 Å². The summed E-state index contributed by atoms with van der Waals surface area (Å²) in [5.41, 5.74) is 4.86. The fourth-order valence-corrected chi connectivity index (χ4v) is 4.60. The minimum Gasteiger partial charge on any atom is -0.478 e. The molecule has 4 nitrogen and oxygen atoms in total. The van der Waals surface area contributed by atoms with Crippen LogP contribution in [0.5, 0.6) is 0 Å². The van der Waals surface area contributed by atoms with Gasteiger partial charge in [-0.15, -0.1) is 11.3 Å². The molecular weight excluding hydrogens is 327 g/mol. The number of benzene rings is 1. The first-order valence-corrected chi connectivity index (χ1v) is 8.74. The second-order valence-corrected chi connectivity index (χ2v) is 8.15. The summed E-state index contributed by atoms with van der Waals surface area (Å²) in [6, 6.07) is 4.82. The molecule has 1 heterocycles. The zero-order chi connectivity index (χ0) is 17.5. The largest absolute Gasteiger partial charge is 0.478 e. The van der Waals surface area contributed by atoms with Crippen LogP contribution in [0.4, 0.5) is 4.39 Å². The Hall–Kier alpha value is -1.76. The highest BCUT2D eigenvalue weighted by atomic mass is 32.1. The van der Waals surface area contributed by atoms with Crippen LogP contribution in [0.3, 0.4) is 0 Å². The van der Waals surface area contributed by atoms with Gasteiger partial charge in [0, 0.05) is 21.9 Å². The Bertz CT molecular complexity index is 799. The van der Waals surface area contributed by atoms with Crippen LogP contribution in [0.2, 0.25) is 0 Å². The quantitative estimate of drug-likeness (QED) is 0.581. The molecule has 3 rings (SSSR count). The summed E-state index contributed by atoms with van der Waals surface area (Å²) in [5.74, 6) is 3.92. The SMILES string of the molecule is CC1(C)CCc2sc(-c3ccc(CNN)c(F)c3)c(C(=O)O)c2C1. The van der Waals surface area contributed by atoms with Crippen LogP contribution in [0, 0.1) is 11.2 Å². The molecule has 0 atom stereocenters. The summed E-state index contributed by atoms with van der Waals surface area (Å²) < 4.78 is 14.2. The second-order valence-electron chi connectivity index (χ2n) is 7.04. The highest BCUT2D eigenvalue weighted by molar-refractivity contribution is 7.16. The predicted molar refractivity (Wildman–Crippen MR) is 93.5 cm³/mol. The van der Waals surface area contributed by atoms with Gasteiger partial charge in [0.25, 0.3) is 0 Å². The van der Waals surface area contributed by atoms with E-state index in [2.05, 4.69) is 19.3 Å². The number of hydrogen-bond donors (Lipinski definition) is 3. The first kappa shape index (κ1) is 17.1. The van der Waals surface area contributed by atoms with E-state index in [0.29, 0.717) is 21.6 Å². The lowest BCUT2D eigenvalue weighted by atomic mass is 9.76. The number of hydrazine groups is 1. The lowest BCUT2D eigenvalue weighted by molar-refractivity contribution is 0.0696. The molecule has 1 aliphatic rings. The Balaban J connectivity index is 2.10. The standard InChI is InChI=1S/C18H21FN2O2S/c1-18(2)6-5-14-12(8-18)15(17(22)23)16(24-14)10-3-4-11(9-21-20)13(19)7-10/h3-4,7,21H,5-6,8-9,20H2,1-2H3,(H,22,23). The minimum atomic E-state index is -0.937. The van der Waals surface area contributed by atoms with E-state index < -0.39 is 5.97 Å². The number of hydrogen-bond acceptors (Lipinski definition) is 4. The van der Waals surface area contributed by atoms with Crippen molar-refractivity contribution in [3.05, 3.63) is 45.6 Å². The molecule has 0 saturated carbocycles. The number of nitrogens with two attached hydrogens (primary N) is 1. The summed E-state index contributed by atoms with van der Waals surface area (Å²) in [7, 11) is 0. The average Bonchev–Trinajstić information content (AvgIpc) is 2.86. The van der Waals surface area contributed by atoms with Crippen LogP contribution < -0.4 is 11.3 Å². The molecule has 1 aromatic heterocycles. The number of aromatic carboxylic acids is 1. The van der Waals surface area contributed by atoms with Crippen molar-refractivity contribution < 1.29 is 14.3 Å². The van der Waals surface area contributed by atoms with Crippen molar-refractivity contribution in [3.8, 4) is 10.4 Å². The van der Waals surface area contributed by atoms with Crippen molar-refractivity contribution >= 4 is 17.3 Å². The van der Waals surface area contributed by atoms with Crippen LogP contribution in [0.25, 0.3) is 10.4 Å². The van der Waals surface area contributed by atoms with Crippen LogP contribution in [0.1, 0.15) is 46.6 Å². The number of carboxylic acids is 1. The number of nitrogens with one attached hydrogen (secondary N) is 1. The third-order valence-corrected chi connectivity index (χ3v) is 5.94. The maximum atomic E-state index is 14.2. The molecule has 0 unspecified atom stereocenters. The topological polar surface area (TPSA) is 75.3 Å². The van der Waals surface area contributed by atoms with Crippen molar-refractivity contribution in [1.29, 1.82) is 0 Å². The molecule has 24 heavy (non-hydrogen) atoms. The summed E-state index contributed by atoms with van der Waals surface area (Å²) in [5, 5.41) is 9.74. The molecule has 128 valence electrons. The number of carboxylic acid groups (broad SMARTS) is 1. The van der Waals surface area contributed by atoms with E-state index in [-0.39, 0.29) is 17.8 Å². The normalized spacial score (nSPS) is 16.0. The molecule has 1 aliphatic carbocycles. The van der Waals surface area contributed by atoms with Crippen molar-refractivity contribution in [3.63, 3.8) is 0 Å². The number of fused-ring (bicyclic) bond motifs is 1. The van der Waals surface area contributed by atoms with Gasteiger partial charge in [0.05, 0.1) is 5.56 Å². The van der Waals surface area contributed by atoms with E-state index in [1.54, 1.807) is 12.1 Å². The van der Waals surface area contributed by atoms with Gasteiger partial charge in [-0.2, -0.15) is 0 Å². The fraction of sp³-hybridized carbons (Fsp3) is 0.389. The monoisotopic (exact) mass is 348 g/mol. The molecule has 0 aliphatic heterocycles. The summed E-state index contributed by atoms with van der Waals surface area (Å²) in [6.07, 6.45) is 2.66. The molecule has 6 heteroatoms. The molecule has 0 saturated heterocycles. The van der Waals surface area contributed by atoms with E-state index in [0.717, 1.165) is 29.7 Å². The summed E-state index contributed by atoms with van der Waals surface area (Å²) >= 11 is 1.48. The van der Waals surface area contributed by atoms with E-state index in [4.69, 9.17) is 5.84 Å². The van der Waals surface area contributed by atoms with Gasteiger partial charge in [-0.05, 0) is 41.9 Å². The molecule has 0 amide bonds. The van der Waals surface area contributed by atoms with Gasteiger partial charge < -0.3 is 5.11 Å². The molecule has 0 radical (unpaired) electrons. The Morgan fingerprint density at radius 1 is 1.46 bits per heavy atom. The molecule has 0 fully saturated rings. The molecule has 0 bridgehead atoms. The fourth-order valence-electron chi connectivity index (χ4n) is 3.29. The molecule has 1 aromatic carbocycles. The van der Waals surface area contributed by atoms with Crippen LogP contribution in [-0.4, -0.2) is 11.1 Å². The predicted octanol–water partition coefficient (Wildman–Crippen LogP) is 3.73. The second kappa shape index (κ2) is 6.27. The van der Waals surface area contributed by atoms with Gasteiger partial charge >= 0.3 is 5.97 Å². The van der Waals surface area contributed by atoms with Crippen LogP contribution >= 0.6 is 11.3 Å². The number of rotatable bonds is 4. The third kappa shape index (κ3) is 3.09. The average molecular weight is 348 g/mol. The van der Waals surface area contributed by atoms with Gasteiger partial charge in [-0.1, -0.05) is 26.0 Å². The first-order chi connectivity index (χ1) is 11.3. The maximum absolute atomic E-state index is 14.2. The number of carbonyl (C=O) groups is 1. The zero-order valence-corrected chi connectivity index (χ0v) is 14.6. The van der Waals surface area contributed by atoms with Crippen molar-refractivity contribution in [2.24, 2.45) is 11.3 Å². The van der Waals surface area contributed by atoms with Crippen LogP contribution in [-0.2, 0) is 19.4 Å². The number of halogens is 1. The molecular formula is C18H21FN2O2S. The Morgan fingerprint density at radius 2 is 2.21 bits per heavy atom.